The smallest absolute Gasteiger partial charge is 0.353 e. The fraction of sp³-hybridized carbons (Fsp3) is 0.545. The van der Waals surface area contributed by atoms with Gasteiger partial charge in [-0.05, 0) is 24.5 Å². The number of nitrogens with one attached hydrogen (secondary N) is 2. The summed E-state index contributed by atoms with van der Waals surface area (Å²) in [5, 5.41) is 23.5. The highest BCUT2D eigenvalue weighted by Gasteiger charge is 2.60. The summed E-state index contributed by atoms with van der Waals surface area (Å²) in [5.74, 6) is -1.98. The van der Waals surface area contributed by atoms with Gasteiger partial charge in [0, 0.05) is 35.2 Å². The summed E-state index contributed by atoms with van der Waals surface area (Å²) in [6.07, 6.45) is 0.0946. The lowest BCUT2D eigenvalue weighted by atomic mass is 9.79. The maximum absolute atomic E-state index is 12.5. The highest BCUT2D eigenvalue weighted by atomic mass is 35.5. The minimum atomic E-state index is -1.07. The molecule has 0 spiro atoms. The highest BCUT2D eigenvalue weighted by Crippen LogP contribution is 2.52. The monoisotopic (exact) mass is 483 g/mol. The molecule has 8 nitrogen and oxygen atoms in total. The molecule has 1 amide bonds. The largest absolute Gasteiger partial charge is 0.477 e. The van der Waals surface area contributed by atoms with E-state index in [1.165, 1.54) is 10.5 Å². The van der Waals surface area contributed by atoms with Gasteiger partial charge in [0.1, 0.15) is 5.70 Å². The van der Waals surface area contributed by atoms with Gasteiger partial charge in [-0.3, -0.25) is 4.79 Å². The predicted octanol–water partition coefficient (Wildman–Crippen LogP) is 2.05. The van der Waals surface area contributed by atoms with Crippen LogP contribution >= 0.6 is 24.2 Å². The molecule has 0 radical (unpaired) electrons. The number of nitrogens with zero attached hydrogens (tertiary/aromatic N) is 1. The quantitative estimate of drug-likeness (QED) is 0.328. The molecule has 0 bridgehead atoms. The first-order valence-corrected chi connectivity index (χ1v) is 11.4. The lowest BCUT2D eigenvalue weighted by Crippen LogP contribution is -2.63. The fourth-order valence-electron chi connectivity index (χ4n) is 4.93. The molecule has 3 aliphatic heterocycles. The Hall–Kier alpha value is -1.62. The minimum Gasteiger partial charge on any atom is -0.477 e. The first-order valence-electron chi connectivity index (χ1n) is 10.6. The number of carboxylic acids is 1. The highest BCUT2D eigenvalue weighted by molar-refractivity contribution is 8.03. The molecule has 3 heterocycles. The van der Waals surface area contributed by atoms with Crippen LogP contribution in [0.5, 0.6) is 0 Å². The molecular formula is C22H30ClN3O5S. The lowest BCUT2D eigenvalue weighted by molar-refractivity contribution is -0.163. The third-order valence-corrected chi connectivity index (χ3v) is 8.01. The van der Waals surface area contributed by atoms with Crippen molar-refractivity contribution in [2.45, 2.75) is 50.3 Å². The van der Waals surface area contributed by atoms with E-state index in [2.05, 4.69) is 35.1 Å². The number of rotatable bonds is 8. The zero-order valence-electron chi connectivity index (χ0n) is 18.3. The van der Waals surface area contributed by atoms with Crippen molar-refractivity contribution in [3.05, 3.63) is 46.0 Å². The number of fused-ring (bicyclic) bond motifs is 1. The third kappa shape index (κ3) is 4.42. The molecule has 0 unspecified atom stereocenters. The molecular weight excluding hydrogens is 454 g/mol. The number of hydroxylamine groups is 1. The van der Waals surface area contributed by atoms with Gasteiger partial charge in [0.2, 0.25) is 5.91 Å². The maximum atomic E-state index is 12.5. The summed E-state index contributed by atoms with van der Waals surface area (Å²) >= 11 is 1.57. The lowest BCUT2D eigenvalue weighted by Gasteiger charge is -2.46. The molecule has 2 fully saturated rings. The molecule has 6 atom stereocenters. The van der Waals surface area contributed by atoms with E-state index < -0.39 is 18.0 Å². The van der Waals surface area contributed by atoms with Gasteiger partial charge in [0.05, 0.1) is 25.2 Å². The van der Waals surface area contributed by atoms with Gasteiger partial charge in [-0.2, -0.15) is 5.48 Å². The van der Waals surface area contributed by atoms with Gasteiger partial charge in [-0.25, -0.2) is 4.79 Å². The van der Waals surface area contributed by atoms with Crippen LogP contribution in [-0.2, 0) is 21.0 Å². The first kappa shape index (κ1) is 25.0. The molecule has 0 saturated carbocycles. The number of carboxylic acid groups (broad SMARTS) is 1. The Kier molecular flexibility index (Phi) is 7.90. The second kappa shape index (κ2) is 10.1. The predicted molar refractivity (Wildman–Crippen MR) is 124 cm³/mol. The number of carbonyl (C=O) groups is 2. The van der Waals surface area contributed by atoms with Crippen LogP contribution in [0.15, 0.2) is 34.9 Å². The van der Waals surface area contributed by atoms with Crippen molar-refractivity contribution in [1.29, 1.82) is 0 Å². The van der Waals surface area contributed by atoms with Gasteiger partial charge < -0.3 is 25.3 Å². The van der Waals surface area contributed by atoms with Gasteiger partial charge in [0.25, 0.3) is 0 Å². The van der Waals surface area contributed by atoms with Gasteiger partial charge in [-0.1, -0.05) is 31.2 Å². The maximum Gasteiger partial charge on any atom is 0.353 e. The zero-order valence-corrected chi connectivity index (χ0v) is 19.9. The Morgan fingerprint density at radius 2 is 2.06 bits per heavy atom. The molecule has 1 aromatic rings. The number of amides is 1. The summed E-state index contributed by atoms with van der Waals surface area (Å²) in [4.78, 5) is 31.5. The van der Waals surface area contributed by atoms with Crippen LogP contribution in [0.1, 0.15) is 37.4 Å². The van der Waals surface area contributed by atoms with Crippen molar-refractivity contribution in [3.63, 3.8) is 0 Å². The number of thioether (sulfide) groups is 1. The second-order valence-electron chi connectivity index (χ2n) is 8.48. The number of benzene rings is 1. The summed E-state index contributed by atoms with van der Waals surface area (Å²) in [6, 6.07) is 8.29. The summed E-state index contributed by atoms with van der Waals surface area (Å²) in [5.41, 5.74) is 5.26. The van der Waals surface area contributed by atoms with E-state index in [1.54, 1.807) is 25.8 Å². The van der Waals surface area contributed by atoms with Crippen LogP contribution in [0.25, 0.3) is 0 Å². The van der Waals surface area contributed by atoms with Gasteiger partial charge in [-0.15, -0.1) is 24.2 Å². The van der Waals surface area contributed by atoms with Crippen molar-refractivity contribution in [2.75, 3.05) is 13.7 Å². The van der Waals surface area contributed by atoms with E-state index in [4.69, 9.17) is 4.84 Å². The van der Waals surface area contributed by atoms with Gasteiger partial charge in [0.15, 0.2) is 0 Å². The Morgan fingerprint density at radius 1 is 1.38 bits per heavy atom. The normalized spacial score (nSPS) is 30.1. The third-order valence-electron chi connectivity index (χ3n) is 6.50. The van der Waals surface area contributed by atoms with Crippen LogP contribution in [0.3, 0.4) is 0 Å². The van der Waals surface area contributed by atoms with Crippen molar-refractivity contribution >= 4 is 36.0 Å². The molecule has 176 valence electrons. The van der Waals surface area contributed by atoms with Gasteiger partial charge >= 0.3 is 5.97 Å². The molecule has 1 aromatic carbocycles. The standard InChI is InChI=1S/C22H29N3O5S.ClH/c1-11-18-17(12(2)26)21(27)25(18)19(22(28)29)20(11)31-15-8-16(23-10-15)14-6-4-13(5-7-14)9-24-30-3;/h4-7,11-12,15-18,23-24,26H,8-10H2,1-3H3,(H,28,29);1H/t11-,12-,15+,16-,17-,18-;/m1./s1. The fourth-order valence-corrected chi connectivity index (χ4v) is 6.41. The van der Waals surface area contributed by atoms with Crippen molar-refractivity contribution < 1.29 is 24.6 Å². The van der Waals surface area contributed by atoms with Crippen LogP contribution in [-0.4, -0.2) is 58.0 Å². The van der Waals surface area contributed by atoms with Crippen molar-refractivity contribution in [3.8, 4) is 0 Å². The summed E-state index contributed by atoms with van der Waals surface area (Å²) in [6.45, 7) is 4.97. The SMILES string of the molecule is CONCc1ccc([C@H]2C[C@H](SC3=C(C(=O)O)N4C(=O)[C@H]([C@@H](C)O)[C@H]4[C@H]3C)CN2)cc1.Cl. The number of β-lactam (4-membered cyclic amide) rings is 1. The number of aliphatic carboxylic acids is 1. The number of halogens is 1. The Labute approximate surface area is 198 Å². The van der Waals surface area contributed by atoms with Crippen LogP contribution in [0.2, 0.25) is 0 Å². The molecule has 0 aromatic heterocycles. The number of hydrogen-bond donors (Lipinski definition) is 4. The summed E-state index contributed by atoms with van der Waals surface area (Å²) in [7, 11) is 1.59. The minimum absolute atomic E-state index is 0. The average molecular weight is 484 g/mol. The molecule has 32 heavy (non-hydrogen) atoms. The second-order valence-corrected chi connectivity index (χ2v) is 9.82. The van der Waals surface area contributed by atoms with Crippen molar-refractivity contribution in [1.82, 2.24) is 15.7 Å². The van der Waals surface area contributed by atoms with Crippen LogP contribution in [0, 0.1) is 11.8 Å². The molecule has 2 saturated heterocycles. The van der Waals surface area contributed by atoms with Crippen molar-refractivity contribution in [2.24, 2.45) is 11.8 Å². The van der Waals surface area contributed by atoms with E-state index in [0.717, 1.165) is 23.4 Å². The molecule has 10 heteroatoms. The molecule has 0 aliphatic carbocycles. The van der Waals surface area contributed by atoms with E-state index >= 15 is 0 Å². The van der Waals surface area contributed by atoms with Crippen LogP contribution in [0.4, 0.5) is 0 Å². The topological polar surface area (TPSA) is 111 Å². The Morgan fingerprint density at radius 3 is 2.66 bits per heavy atom. The Bertz CT molecular complexity index is 894. The molecule has 4 rings (SSSR count). The number of aliphatic hydroxyl groups is 1. The van der Waals surface area contributed by atoms with Crippen LogP contribution < -0.4 is 10.8 Å². The molecule has 4 N–H and O–H groups in total. The van der Waals surface area contributed by atoms with E-state index in [-0.39, 0.29) is 47.3 Å². The van der Waals surface area contributed by atoms with E-state index in [1.807, 2.05) is 6.92 Å². The molecule has 3 aliphatic rings. The zero-order chi connectivity index (χ0) is 22.3. The first-order chi connectivity index (χ1) is 14.8. The summed E-state index contributed by atoms with van der Waals surface area (Å²) < 4.78 is 0. The van der Waals surface area contributed by atoms with E-state index in [0.29, 0.717) is 6.54 Å². The average Bonchev–Trinajstić information content (AvgIpc) is 3.29. The van der Waals surface area contributed by atoms with E-state index in [9.17, 15) is 19.8 Å². The Balaban J connectivity index is 0.00000289. The number of aliphatic hydroxyl groups excluding tert-OH is 1. The number of carbonyl (C=O) groups excluding carboxylic acids is 1. The number of hydrogen-bond acceptors (Lipinski definition) is 7.